The van der Waals surface area contributed by atoms with Crippen molar-refractivity contribution in [2.24, 2.45) is 5.92 Å². The number of likely N-dealkylation sites (tertiary alicyclic amines) is 1. The summed E-state index contributed by atoms with van der Waals surface area (Å²) in [7, 11) is 3.13. The first kappa shape index (κ1) is 16.8. The zero-order valence-corrected chi connectivity index (χ0v) is 12.8. The monoisotopic (exact) mass is 299 g/mol. The maximum Gasteiger partial charge on any atom is 0.309 e. The van der Waals surface area contributed by atoms with Crippen LogP contribution in [0, 0.1) is 5.92 Å². The van der Waals surface area contributed by atoms with Gasteiger partial charge in [0.1, 0.15) is 5.75 Å². The molecule has 112 valence electrons. The second-order valence-corrected chi connectivity index (χ2v) is 4.95. The zero-order chi connectivity index (χ0) is 13.7. The standard InChI is InChI=1S/C15H21NO3.ClH/c1-18-14-7-5-12(6-8-14)10-16-9-3-4-13(11-16)15(17)19-2;/h5-8,13H,3-4,9-11H2,1-2H3;1H. The molecule has 0 N–H and O–H groups in total. The van der Waals surface area contributed by atoms with E-state index >= 15 is 0 Å². The highest BCUT2D eigenvalue weighted by Crippen LogP contribution is 2.20. The number of esters is 1. The largest absolute Gasteiger partial charge is 0.497 e. The van der Waals surface area contributed by atoms with Gasteiger partial charge >= 0.3 is 5.97 Å². The van der Waals surface area contributed by atoms with E-state index in [1.54, 1.807) is 7.11 Å². The molecule has 0 aliphatic carbocycles. The van der Waals surface area contributed by atoms with Gasteiger partial charge in [0.15, 0.2) is 0 Å². The molecule has 5 heteroatoms. The van der Waals surface area contributed by atoms with Crippen LogP contribution in [0.4, 0.5) is 0 Å². The predicted octanol–water partition coefficient (Wildman–Crippen LogP) is 2.50. The van der Waals surface area contributed by atoms with Crippen molar-refractivity contribution in [3.8, 4) is 5.75 Å². The number of halogens is 1. The van der Waals surface area contributed by atoms with Crippen LogP contribution in [-0.2, 0) is 16.1 Å². The van der Waals surface area contributed by atoms with Crippen LogP contribution >= 0.6 is 12.4 Å². The van der Waals surface area contributed by atoms with Crippen molar-refractivity contribution in [3.05, 3.63) is 29.8 Å². The van der Waals surface area contributed by atoms with Gasteiger partial charge in [-0.15, -0.1) is 12.4 Å². The third-order valence-corrected chi connectivity index (χ3v) is 3.61. The molecule has 1 unspecified atom stereocenters. The summed E-state index contributed by atoms with van der Waals surface area (Å²) in [6.07, 6.45) is 1.99. The van der Waals surface area contributed by atoms with Crippen LogP contribution in [0.15, 0.2) is 24.3 Å². The van der Waals surface area contributed by atoms with Gasteiger partial charge in [0.25, 0.3) is 0 Å². The molecule has 2 rings (SSSR count). The minimum absolute atomic E-state index is 0. The Morgan fingerprint density at radius 3 is 2.60 bits per heavy atom. The van der Waals surface area contributed by atoms with Gasteiger partial charge in [-0.2, -0.15) is 0 Å². The van der Waals surface area contributed by atoms with Gasteiger partial charge in [0, 0.05) is 13.1 Å². The van der Waals surface area contributed by atoms with Gasteiger partial charge in [0.2, 0.25) is 0 Å². The Balaban J connectivity index is 0.00000200. The van der Waals surface area contributed by atoms with Crippen LogP contribution in [0.3, 0.4) is 0 Å². The molecule has 0 spiro atoms. The van der Waals surface area contributed by atoms with Crippen molar-refractivity contribution in [3.63, 3.8) is 0 Å². The third-order valence-electron chi connectivity index (χ3n) is 3.61. The normalized spacial score (nSPS) is 19.0. The summed E-state index contributed by atoms with van der Waals surface area (Å²) >= 11 is 0. The molecule has 20 heavy (non-hydrogen) atoms. The smallest absolute Gasteiger partial charge is 0.309 e. The Labute approximate surface area is 126 Å². The molecule has 4 nitrogen and oxygen atoms in total. The van der Waals surface area contributed by atoms with Crippen molar-refractivity contribution in [1.29, 1.82) is 0 Å². The highest BCUT2D eigenvalue weighted by Gasteiger charge is 2.26. The lowest BCUT2D eigenvalue weighted by Gasteiger charge is -2.31. The molecule has 1 fully saturated rings. The Hall–Kier alpha value is -1.26. The van der Waals surface area contributed by atoms with Gasteiger partial charge < -0.3 is 9.47 Å². The lowest BCUT2D eigenvalue weighted by atomic mass is 9.98. The zero-order valence-electron chi connectivity index (χ0n) is 12.0. The molecule has 1 atom stereocenters. The highest BCUT2D eigenvalue weighted by molar-refractivity contribution is 5.85. The maximum atomic E-state index is 11.6. The van der Waals surface area contributed by atoms with E-state index in [4.69, 9.17) is 9.47 Å². The van der Waals surface area contributed by atoms with Gasteiger partial charge in [-0.1, -0.05) is 12.1 Å². The Kier molecular flexibility index (Phi) is 6.82. The van der Waals surface area contributed by atoms with Gasteiger partial charge in [-0.3, -0.25) is 9.69 Å². The topological polar surface area (TPSA) is 38.8 Å². The highest BCUT2D eigenvalue weighted by atomic mass is 35.5. The molecular weight excluding hydrogens is 278 g/mol. The number of nitrogens with zero attached hydrogens (tertiary/aromatic N) is 1. The van der Waals surface area contributed by atoms with Gasteiger partial charge in [0.05, 0.1) is 20.1 Å². The van der Waals surface area contributed by atoms with E-state index in [1.165, 1.54) is 12.7 Å². The number of hydrogen-bond donors (Lipinski definition) is 0. The molecule has 0 saturated carbocycles. The molecule has 1 saturated heterocycles. The SMILES string of the molecule is COC(=O)C1CCCN(Cc2ccc(OC)cc2)C1.Cl. The third kappa shape index (κ3) is 4.39. The molecule has 0 bridgehead atoms. The molecule has 1 aliphatic rings. The molecule has 0 aromatic heterocycles. The van der Waals surface area contributed by atoms with Crippen LogP contribution < -0.4 is 4.74 Å². The van der Waals surface area contributed by atoms with Crippen molar-refractivity contribution >= 4 is 18.4 Å². The summed E-state index contributed by atoms with van der Waals surface area (Å²) in [4.78, 5) is 13.9. The second kappa shape index (κ2) is 8.12. The summed E-state index contributed by atoms with van der Waals surface area (Å²) < 4.78 is 9.98. The minimum Gasteiger partial charge on any atom is -0.497 e. The predicted molar refractivity (Wildman–Crippen MR) is 80.3 cm³/mol. The van der Waals surface area contributed by atoms with Crippen LogP contribution in [0.5, 0.6) is 5.75 Å². The van der Waals surface area contributed by atoms with E-state index in [-0.39, 0.29) is 24.3 Å². The number of hydrogen-bond acceptors (Lipinski definition) is 4. The average Bonchev–Trinajstić information content (AvgIpc) is 2.47. The van der Waals surface area contributed by atoms with E-state index in [1.807, 2.05) is 12.1 Å². The fraction of sp³-hybridized carbons (Fsp3) is 0.533. The van der Waals surface area contributed by atoms with E-state index in [2.05, 4.69) is 17.0 Å². The lowest BCUT2D eigenvalue weighted by Crippen LogP contribution is -2.38. The number of ether oxygens (including phenoxy) is 2. The second-order valence-electron chi connectivity index (χ2n) is 4.95. The Morgan fingerprint density at radius 2 is 2.00 bits per heavy atom. The number of carbonyl (C=O) groups excluding carboxylic acids is 1. The summed E-state index contributed by atoms with van der Waals surface area (Å²) in [5.74, 6) is 0.811. The molecule has 1 aliphatic heterocycles. The quantitative estimate of drug-likeness (QED) is 0.801. The summed E-state index contributed by atoms with van der Waals surface area (Å²) in [5.41, 5.74) is 1.24. The van der Waals surface area contributed by atoms with Crippen molar-refractivity contribution in [2.75, 3.05) is 27.3 Å². The summed E-state index contributed by atoms with van der Waals surface area (Å²) in [6, 6.07) is 8.08. The maximum absolute atomic E-state index is 11.6. The number of rotatable bonds is 4. The fourth-order valence-electron chi connectivity index (χ4n) is 2.55. The Morgan fingerprint density at radius 1 is 1.30 bits per heavy atom. The molecular formula is C15H22ClNO3. The van der Waals surface area contributed by atoms with E-state index < -0.39 is 0 Å². The number of piperidine rings is 1. The first-order valence-electron chi connectivity index (χ1n) is 6.66. The summed E-state index contributed by atoms with van der Waals surface area (Å²) in [6.45, 7) is 2.70. The summed E-state index contributed by atoms with van der Waals surface area (Å²) in [5, 5.41) is 0. The molecule has 0 radical (unpaired) electrons. The number of methoxy groups -OCH3 is 2. The minimum atomic E-state index is -0.0839. The van der Waals surface area contributed by atoms with Crippen LogP contribution in [0.1, 0.15) is 18.4 Å². The van der Waals surface area contributed by atoms with E-state index in [0.29, 0.717) is 0 Å². The fourth-order valence-corrected chi connectivity index (χ4v) is 2.55. The van der Waals surface area contributed by atoms with Gasteiger partial charge in [-0.25, -0.2) is 0 Å². The van der Waals surface area contributed by atoms with Crippen LogP contribution in [0.2, 0.25) is 0 Å². The van der Waals surface area contributed by atoms with Gasteiger partial charge in [-0.05, 0) is 37.1 Å². The van der Waals surface area contributed by atoms with Crippen molar-refractivity contribution in [1.82, 2.24) is 4.90 Å². The Bertz CT molecular complexity index is 422. The lowest BCUT2D eigenvalue weighted by molar-refractivity contribution is -0.147. The molecule has 1 heterocycles. The van der Waals surface area contributed by atoms with Crippen molar-refractivity contribution < 1.29 is 14.3 Å². The molecule has 1 aromatic carbocycles. The first-order chi connectivity index (χ1) is 9.22. The van der Waals surface area contributed by atoms with Crippen molar-refractivity contribution in [2.45, 2.75) is 19.4 Å². The number of carbonyl (C=O) groups is 1. The average molecular weight is 300 g/mol. The van der Waals surface area contributed by atoms with Crippen LogP contribution in [-0.4, -0.2) is 38.2 Å². The molecule has 0 amide bonds. The van der Waals surface area contributed by atoms with Crippen LogP contribution in [0.25, 0.3) is 0 Å². The molecule has 1 aromatic rings. The first-order valence-corrected chi connectivity index (χ1v) is 6.66. The number of benzene rings is 1. The van der Waals surface area contributed by atoms with E-state index in [9.17, 15) is 4.79 Å². The van der Waals surface area contributed by atoms with E-state index in [0.717, 1.165) is 38.2 Å².